The van der Waals surface area contributed by atoms with Crippen molar-refractivity contribution in [1.82, 2.24) is 24.7 Å². The summed E-state index contributed by atoms with van der Waals surface area (Å²) in [6.07, 6.45) is 1.79. The molecule has 0 aliphatic carbocycles. The van der Waals surface area contributed by atoms with Crippen molar-refractivity contribution in [3.05, 3.63) is 65.7 Å². The predicted molar refractivity (Wildman–Crippen MR) is 99.4 cm³/mol. The van der Waals surface area contributed by atoms with Crippen molar-refractivity contribution in [2.45, 2.75) is 12.7 Å². The van der Waals surface area contributed by atoms with Gasteiger partial charge in [0.25, 0.3) is 0 Å². The van der Waals surface area contributed by atoms with Gasteiger partial charge in [-0.25, -0.2) is 22.2 Å². The number of aryl methyl sites for hydroxylation is 1. The molecular weight excluding hydrogens is 371 g/mol. The van der Waals surface area contributed by atoms with Crippen LogP contribution in [0.5, 0.6) is 0 Å². The predicted octanol–water partition coefficient (Wildman–Crippen LogP) is 1.64. The third kappa shape index (κ3) is 5.56. The number of benzene rings is 1. The summed E-state index contributed by atoms with van der Waals surface area (Å²) in [5.41, 5.74) is 1.40. The van der Waals surface area contributed by atoms with Crippen molar-refractivity contribution in [2.24, 2.45) is 0 Å². The first-order valence-corrected chi connectivity index (χ1v) is 9.88. The van der Waals surface area contributed by atoms with E-state index < -0.39 is 15.8 Å². The summed E-state index contributed by atoms with van der Waals surface area (Å²) in [4.78, 5) is 0. The number of rotatable bonds is 8. The van der Waals surface area contributed by atoms with Crippen LogP contribution in [0.3, 0.4) is 0 Å². The van der Waals surface area contributed by atoms with Crippen molar-refractivity contribution in [3.8, 4) is 5.82 Å². The average molecular weight is 390 g/mol. The van der Waals surface area contributed by atoms with Gasteiger partial charge in [-0.05, 0) is 42.8 Å². The van der Waals surface area contributed by atoms with Gasteiger partial charge < -0.3 is 5.32 Å². The molecule has 0 unspecified atom stereocenters. The lowest BCUT2D eigenvalue weighted by Crippen LogP contribution is -2.30. The van der Waals surface area contributed by atoms with Gasteiger partial charge in [0, 0.05) is 19.3 Å². The van der Waals surface area contributed by atoms with E-state index in [0.29, 0.717) is 23.7 Å². The summed E-state index contributed by atoms with van der Waals surface area (Å²) in [6, 6.07) is 10.7. The molecule has 3 rings (SSSR count). The van der Waals surface area contributed by atoms with E-state index in [4.69, 9.17) is 0 Å². The first kappa shape index (κ1) is 18.9. The van der Waals surface area contributed by atoms with Crippen molar-refractivity contribution in [2.75, 3.05) is 18.4 Å². The molecule has 1 aromatic carbocycles. The number of nitrogens with zero attached hydrogens (tertiary/aromatic N) is 4. The van der Waals surface area contributed by atoms with Gasteiger partial charge in [-0.2, -0.15) is 5.10 Å². The molecule has 0 saturated heterocycles. The molecule has 0 aliphatic heterocycles. The van der Waals surface area contributed by atoms with Crippen LogP contribution in [0.4, 0.5) is 10.2 Å². The Balaban J connectivity index is 1.46. The zero-order valence-corrected chi connectivity index (χ0v) is 15.4. The highest BCUT2D eigenvalue weighted by atomic mass is 32.2. The van der Waals surface area contributed by atoms with Crippen LogP contribution in [0.25, 0.3) is 5.82 Å². The van der Waals surface area contributed by atoms with Gasteiger partial charge in [0.15, 0.2) is 5.82 Å². The van der Waals surface area contributed by atoms with Gasteiger partial charge in [0.1, 0.15) is 11.6 Å². The van der Waals surface area contributed by atoms with E-state index in [1.54, 1.807) is 23.0 Å². The SMILES string of the molecule is Cc1ccn(-c2ccc(NCCNS(=O)(=O)Cc3ccc(F)cc3)nn2)n1. The molecule has 0 fully saturated rings. The second kappa shape index (κ2) is 8.23. The summed E-state index contributed by atoms with van der Waals surface area (Å²) >= 11 is 0. The van der Waals surface area contributed by atoms with Gasteiger partial charge in [-0.3, -0.25) is 0 Å². The van der Waals surface area contributed by atoms with Gasteiger partial charge in [0.2, 0.25) is 10.0 Å². The van der Waals surface area contributed by atoms with Crippen LogP contribution in [-0.4, -0.2) is 41.5 Å². The maximum atomic E-state index is 12.9. The molecule has 0 atom stereocenters. The molecule has 0 radical (unpaired) electrons. The van der Waals surface area contributed by atoms with E-state index in [9.17, 15) is 12.8 Å². The lowest BCUT2D eigenvalue weighted by atomic mass is 10.2. The Labute approximate surface area is 156 Å². The van der Waals surface area contributed by atoms with E-state index in [0.717, 1.165) is 5.69 Å². The van der Waals surface area contributed by atoms with Crippen molar-refractivity contribution < 1.29 is 12.8 Å². The zero-order chi connectivity index (χ0) is 19.3. The number of anilines is 1. The Morgan fingerprint density at radius 2 is 1.81 bits per heavy atom. The molecule has 0 spiro atoms. The quantitative estimate of drug-likeness (QED) is 0.567. The first-order valence-electron chi connectivity index (χ1n) is 8.23. The molecule has 2 N–H and O–H groups in total. The molecule has 142 valence electrons. The number of halogens is 1. The molecule has 2 aromatic heterocycles. The summed E-state index contributed by atoms with van der Waals surface area (Å²) < 4.78 is 41.0. The van der Waals surface area contributed by atoms with Crippen LogP contribution in [-0.2, 0) is 15.8 Å². The van der Waals surface area contributed by atoms with Crippen LogP contribution in [0.15, 0.2) is 48.7 Å². The summed E-state index contributed by atoms with van der Waals surface area (Å²) in [5, 5.41) is 15.4. The van der Waals surface area contributed by atoms with Crippen LogP contribution < -0.4 is 10.0 Å². The van der Waals surface area contributed by atoms with E-state index in [-0.39, 0.29) is 12.3 Å². The highest BCUT2D eigenvalue weighted by Gasteiger charge is 2.11. The van der Waals surface area contributed by atoms with Crippen LogP contribution >= 0.6 is 0 Å². The van der Waals surface area contributed by atoms with Gasteiger partial charge >= 0.3 is 0 Å². The highest BCUT2D eigenvalue weighted by molar-refractivity contribution is 7.88. The third-order valence-corrected chi connectivity index (χ3v) is 4.99. The molecule has 8 nitrogen and oxygen atoms in total. The van der Waals surface area contributed by atoms with Crippen molar-refractivity contribution >= 4 is 15.8 Å². The fraction of sp³-hybridized carbons (Fsp3) is 0.235. The average Bonchev–Trinajstić information content (AvgIpc) is 3.07. The van der Waals surface area contributed by atoms with Crippen LogP contribution in [0.1, 0.15) is 11.3 Å². The highest BCUT2D eigenvalue weighted by Crippen LogP contribution is 2.08. The molecule has 27 heavy (non-hydrogen) atoms. The minimum Gasteiger partial charge on any atom is -0.367 e. The molecule has 2 heterocycles. The lowest BCUT2D eigenvalue weighted by Gasteiger charge is -2.08. The summed E-state index contributed by atoms with van der Waals surface area (Å²) in [7, 11) is -3.50. The summed E-state index contributed by atoms with van der Waals surface area (Å²) in [5.74, 6) is 0.516. The number of hydrogen-bond donors (Lipinski definition) is 2. The van der Waals surface area contributed by atoms with Crippen molar-refractivity contribution in [3.63, 3.8) is 0 Å². The van der Waals surface area contributed by atoms with Gasteiger partial charge in [-0.15, -0.1) is 10.2 Å². The fourth-order valence-electron chi connectivity index (χ4n) is 2.33. The second-order valence-electron chi connectivity index (χ2n) is 5.89. The fourth-order valence-corrected chi connectivity index (χ4v) is 3.48. The summed E-state index contributed by atoms with van der Waals surface area (Å²) in [6.45, 7) is 2.42. The Hall–Kier alpha value is -2.85. The molecule has 10 heteroatoms. The van der Waals surface area contributed by atoms with Crippen molar-refractivity contribution in [1.29, 1.82) is 0 Å². The number of nitrogens with one attached hydrogen (secondary N) is 2. The Kier molecular flexibility index (Phi) is 5.77. The number of aromatic nitrogens is 4. The Morgan fingerprint density at radius 3 is 2.44 bits per heavy atom. The molecule has 0 aliphatic rings. The van der Waals surface area contributed by atoms with Gasteiger partial charge in [-0.1, -0.05) is 12.1 Å². The van der Waals surface area contributed by atoms with E-state index in [1.165, 1.54) is 24.3 Å². The van der Waals surface area contributed by atoms with E-state index in [1.807, 2.05) is 13.0 Å². The lowest BCUT2D eigenvalue weighted by molar-refractivity contribution is 0.581. The largest absolute Gasteiger partial charge is 0.367 e. The molecular formula is C17H19FN6O2S. The van der Waals surface area contributed by atoms with Crippen LogP contribution in [0, 0.1) is 12.7 Å². The standard InChI is InChI=1S/C17H19FN6O2S/c1-13-8-11-24(23-13)17-7-6-16(21-22-17)19-9-10-20-27(25,26)12-14-2-4-15(18)5-3-14/h2-8,11,20H,9-10,12H2,1H3,(H,19,21). The zero-order valence-electron chi connectivity index (χ0n) is 14.6. The van der Waals surface area contributed by atoms with E-state index >= 15 is 0 Å². The minimum absolute atomic E-state index is 0.186. The Morgan fingerprint density at radius 1 is 1.04 bits per heavy atom. The monoisotopic (exact) mass is 390 g/mol. The molecule has 0 amide bonds. The molecule has 3 aromatic rings. The van der Waals surface area contributed by atoms with Gasteiger partial charge in [0.05, 0.1) is 11.4 Å². The Bertz CT molecular complexity index is 987. The van der Waals surface area contributed by atoms with E-state index in [2.05, 4.69) is 25.3 Å². The smallest absolute Gasteiger partial charge is 0.215 e. The topological polar surface area (TPSA) is 102 Å². The van der Waals surface area contributed by atoms with Crippen LogP contribution in [0.2, 0.25) is 0 Å². The maximum Gasteiger partial charge on any atom is 0.215 e. The minimum atomic E-state index is -3.50. The number of hydrogen-bond acceptors (Lipinski definition) is 6. The molecule has 0 bridgehead atoms. The number of sulfonamides is 1. The second-order valence-corrected chi connectivity index (χ2v) is 7.69. The molecule has 0 saturated carbocycles. The normalized spacial score (nSPS) is 11.5. The third-order valence-electron chi connectivity index (χ3n) is 3.63. The maximum absolute atomic E-state index is 12.9. The first-order chi connectivity index (χ1) is 12.9.